The summed E-state index contributed by atoms with van der Waals surface area (Å²) < 4.78 is 0. The molecule has 1 aromatic heterocycles. The minimum absolute atomic E-state index is 0.0495. The maximum Gasteiger partial charge on any atom is 0.257 e. The maximum absolute atomic E-state index is 12.9. The Morgan fingerprint density at radius 2 is 2.10 bits per heavy atom. The number of carbonyl (C=O) groups excluding carboxylic acids is 1. The monoisotopic (exact) mass is 400 g/mol. The van der Waals surface area contributed by atoms with Crippen molar-refractivity contribution in [1.29, 1.82) is 0 Å². The normalized spacial score (nSPS) is 21.8. The Labute approximate surface area is 177 Å². The van der Waals surface area contributed by atoms with E-state index in [1.54, 1.807) is 4.90 Å². The number of hydrogen-bond donors (Lipinski definition) is 2. The van der Waals surface area contributed by atoms with Gasteiger partial charge in [-0.25, -0.2) is 0 Å². The van der Waals surface area contributed by atoms with E-state index >= 15 is 0 Å². The van der Waals surface area contributed by atoms with Crippen LogP contribution in [0.2, 0.25) is 0 Å². The molecule has 154 valence electrons. The van der Waals surface area contributed by atoms with Crippen LogP contribution in [0.25, 0.3) is 16.5 Å². The van der Waals surface area contributed by atoms with E-state index < -0.39 is 0 Å². The van der Waals surface area contributed by atoms with Crippen LogP contribution in [0.1, 0.15) is 30.9 Å². The van der Waals surface area contributed by atoms with Crippen LogP contribution in [0, 0.1) is 6.92 Å². The molecule has 1 unspecified atom stereocenters. The highest BCUT2D eigenvalue weighted by Gasteiger charge is 2.30. The van der Waals surface area contributed by atoms with Crippen LogP contribution in [-0.4, -0.2) is 46.5 Å². The Balaban J connectivity index is 1.25. The van der Waals surface area contributed by atoms with Gasteiger partial charge in [0.05, 0.1) is 0 Å². The minimum Gasteiger partial charge on any atom is -0.365 e. The SMILES string of the molecule is CC1=C(CCN2CC=C(c3c[nH]c4ccc(C)cc34)CC2)C(=O)N2C=CC=CC2N1. The molecule has 30 heavy (non-hydrogen) atoms. The van der Waals surface area contributed by atoms with Crippen molar-refractivity contribution in [1.82, 2.24) is 20.1 Å². The summed E-state index contributed by atoms with van der Waals surface area (Å²) in [5, 5.41) is 4.76. The first-order valence-corrected chi connectivity index (χ1v) is 10.7. The molecule has 5 nitrogen and oxygen atoms in total. The van der Waals surface area contributed by atoms with E-state index in [0.717, 1.165) is 43.7 Å². The average Bonchev–Trinajstić information content (AvgIpc) is 3.17. The van der Waals surface area contributed by atoms with Gasteiger partial charge < -0.3 is 10.3 Å². The van der Waals surface area contributed by atoms with Crippen LogP contribution < -0.4 is 5.32 Å². The van der Waals surface area contributed by atoms with Crippen molar-refractivity contribution in [3.63, 3.8) is 0 Å². The van der Waals surface area contributed by atoms with Crippen LogP contribution in [0.5, 0.6) is 0 Å². The second kappa shape index (κ2) is 7.65. The number of hydrogen-bond acceptors (Lipinski definition) is 3. The maximum atomic E-state index is 12.9. The number of amides is 1. The van der Waals surface area contributed by atoms with E-state index in [0.29, 0.717) is 0 Å². The molecule has 2 N–H and O–H groups in total. The Morgan fingerprint density at radius 1 is 1.20 bits per heavy atom. The molecule has 4 heterocycles. The Kier molecular flexibility index (Phi) is 4.83. The zero-order valence-corrected chi connectivity index (χ0v) is 17.6. The lowest BCUT2D eigenvalue weighted by Crippen LogP contribution is -2.50. The van der Waals surface area contributed by atoms with Crippen molar-refractivity contribution in [2.24, 2.45) is 0 Å². The fraction of sp³-hybridized carbons (Fsp3) is 0.320. The summed E-state index contributed by atoms with van der Waals surface area (Å²) >= 11 is 0. The van der Waals surface area contributed by atoms with E-state index in [-0.39, 0.29) is 12.1 Å². The molecule has 1 atom stereocenters. The summed E-state index contributed by atoms with van der Waals surface area (Å²) in [5.74, 6) is 0.124. The number of nitrogens with zero attached hydrogens (tertiary/aromatic N) is 2. The first-order valence-electron chi connectivity index (χ1n) is 10.7. The van der Waals surface area contributed by atoms with Crippen molar-refractivity contribution in [3.8, 4) is 0 Å². The third-order valence-electron chi connectivity index (χ3n) is 6.42. The van der Waals surface area contributed by atoms with Gasteiger partial charge in [0.25, 0.3) is 5.91 Å². The van der Waals surface area contributed by atoms with Gasteiger partial charge in [-0.2, -0.15) is 0 Å². The summed E-state index contributed by atoms with van der Waals surface area (Å²) in [4.78, 5) is 20.5. The smallest absolute Gasteiger partial charge is 0.257 e. The number of aromatic amines is 1. The average molecular weight is 401 g/mol. The summed E-state index contributed by atoms with van der Waals surface area (Å²) in [6, 6.07) is 6.58. The number of carbonyl (C=O) groups is 1. The number of aromatic nitrogens is 1. The molecule has 0 saturated carbocycles. The van der Waals surface area contributed by atoms with Crippen LogP contribution in [0.4, 0.5) is 0 Å². The first kappa shape index (κ1) is 18.9. The summed E-state index contributed by atoms with van der Waals surface area (Å²) in [7, 11) is 0. The van der Waals surface area contributed by atoms with Gasteiger partial charge in [0.1, 0.15) is 6.17 Å². The molecule has 5 heteroatoms. The number of H-pyrrole nitrogens is 1. The zero-order chi connectivity index (χ0) is 20.7. The molecule has 1 amide bonds. The highest BCUT2D eigenvalue weighted by molar-refractivity contribution is 5.96. The first-order chi connectivity index (χ1) is 14.6. The van der Waals surface area contributed by atoms with Gasteiger partial charge in [-0.3, -0.25) is 14.6 Å². The molecule has 3 aliphatic rings. The standard InChI is InChI=1S/C25H28N4O/c1-17-6-7-23-21(15-17)22(16-26-23)19-8-12-28(13-9-19)14-10-20-18(2)27-24-5-3-4-11-29(24)25(20)30/h3-8,11,15-16,24,26-27H,9-10,12-14H2,1-2H3. The Bertz CT molecular complexity index is 1120. The lowest BCUT2D eigenvalue weighted by molar-refractivity contribution is -0.127. The lowest BCUT2D eigenvalue weighted by Gasteiger charge is -2.36. The molecule has 3 aliphatic heterocycles. The van der Waals surface area contributed by atoms with Crippen LogP contribution in [0.3, 0.4) is 0 Å². The van der Waals surface area contributed by atoms with Crippen molar-refractivity contribution < 1.29 is 4.79 Å². The fourth-order valence-corrected chi connectivity index (χ4v) is 4.66. The van der Waals surface area contributed by atoms with Crippen molar-refractivity contribution in [3.05, 3.63) is 77.3 Å². The molecular formula is C25H28N4O. The minimum atomic E-state index is -0.0495. The number of fused-ring (bicyclic) bond motifs is 2. The molecule has 0 saturated heterocycles. The quantitative estimate of drug-likeness (QED) is 0.813. The van der Waals surface area contributed by atoms with E-state index in [2.05, 4.69) is 52.6 Å². The van der Waals surface area contributed by atoms with Crippen LogP contribution >= 0.6 is 0 Å². The van der Waals surface area contributed by atoms with Crippen molar-refractivity contribution in [2.45, 2.75) is 32.9 Å². The molecule has 0 fully saturated rings. The lowest BCUT2D eigenvalue weighted by atomic mass is 9.97. The third-order valence-corrected chi connectivity index (χ3v) is 6.42. The fourth-order valence-electron chi connectivity index (χ4n) is 4.66. The predicted molar refractivity (Wildman–Crippen MR) is 121 cm³/mol. The van der Waals surface area contributed by atoms with Crippen LogP contribution in [-0.2, 0) is 4.79 Å². The van der Waals surface area contributed by atoms with Gasteiger partial charge in [-0.05, 0) is 56.5 Å². The number of rotatable bonds is 4. The summed E-state index contributed by atoms with van der Waals surface area (Å²) in [5.41, 5.74) is 7.13. The molecule has 0 radical (unpaired) electrons. The second-order valence-corrected chi connectivity index (χ2v) is 8.41. The molecule has 0 aliphatic carbocycles. The van der Waals surface area contributed by atoms with E-state index in [4.69, 9.17) is 0 Å². The number of benzene rings is 1. The van der Waals surface area contributed by atoms with Gasteiger partial charge in [-0.15, -0.1) is 0 Å². The summed E-state index contributed by atoms with van der Waals surface area (Å²) in [6.45, 7) is 7.01. The summed E-state index contributed by atoms with van der Waals surface area (Å²) in [6.07, 6.45) is 14.0. The molecule has 0 spiro atoms. The topological polar surface area (TPSA) is 51.4 Å². The van der Waals surface area contributed by atoms with Crippen LogP contribution in [0.15, 0.2) is 66.2 Å². The molecular weight excluding hydrogens is 372 g/mol. The van der Waals surface area contributed by atoms with Gasteiger partial charge in [0.2, 0.25) is 0 Å². The van der Waals surface area contributed by atoms with Crippen molar-refractivity contribution >= 4 is 22.4 Å². The zero-order valence-electron chi connectivity index (χ0n) is 17.6. The number of allylic oxidation sites excluding steroid dienone is 3. The van der Waals surface area contributed by atoms with Gasteiger partial charge >= 0.3 is 0 Å². The third kappa shape index (κ3) is 3.39. The molecule has 5 rings (SSSR count). The molecule has 1 aromatic carbocycles. The molecule has 2 aromatic rings. The highest BCUT2D eigenvalue weighted by atomic mass is 16.2. The van der Waals surface area contributed by atoms with Gasteiger partial charge in [-0.1, -0.05) is 23.8 Å². The Morgan fingerprint density at radius 3 is 2.93 bits per heavy atom. The predicted octanol–water partition coefficient (Wildman–Crippen LogP) is 4.07. The second-order valence-electron chi connectivity index (χ2n) is 8.41. The van der Waals surface area contributed by atoms with Gasteiger partial charge in [0.15, 0.2) is 0 Å². The molecule has 0 bridgehead atoms. The van der Waals surface area contributed by atoms with E-state index in [1.807, 2.05) is 31.4 Å². The van der Waals surface area contributed by atoms with E-state index in [9.17, 15) is 4.79 Å². The van der Waals surface area contributed by atoms with Crippen molar-refractivity contribution in [2.75, 3.05) is 19.6 Å². The number of nitrogens with one attached hydrogen (secondary N) is 2. The Hall–Kier alpha value is -3.05. The van der Waals surface area contributed by atoms with E-state index in [1.165, 1.54) is 27.6 Å². The van der Waals surface area contributed by atoms with Gasteiger partial charge in [0, 0.05) is 59.8 Å². The highest BCUT2D eigenvalue weighted by Crippen LogP contribution is 2.30. The largest absolute Gasteiger partial charge is 0.365 e. The number of aryl methyl sites for hydroxylation is 1.